The molecule has 2 fully saturated rings. The van der Waals surface area contributed by atoms with Crippen LogP contribution in [0.4, 0.5) is 5.69 Å². The molecular formula is C23H27N3O. The van der Waals surface area contributed by atoms with Gasteiger partial charge in [0, 0.05) is 5.69 Å². The number of rotatable bonds is 4. The van der Waals surface area contributed by atoms with Crippen LogP contribution >= 0.6 is 0 Å². The molecule has 0 radical (unpaired) electrons. The van der Waals surface area contributed by atoms with E-state index in [2.05, 4.69) is 33.7 Å². The second kappa shape index (κ2) is 6.68. The molecule has 5 rings (SSSR count). The molecular weight excluding hydrogens is 334 g/mol. The molecule has 140 valence electrons. The zero-order valence-corrected chi connectivity index (χ0v) is 15.6. The number of aliphatic hydroxyl groups is 1. The summed E-state index contributed by atoms with van der Waals surface area (Å²) in [4.78, 5) is 4.31. The topological polar surface area (TPSA) is 63.5 Å². The molecule has 0 bridgehead atoms. The molecule has 2 aliphatic carbocycles. The highest BCUT2D eigenvalue weighted by Gasteiger charge is 2.34. The van der Waals surface area contributed by atoms with Crippen molar-refractivity contribution in [2.75, 3.05) is 5.73 Å². The summed E-state index contributed by atoms with van der Waals surface area (Å²) in [6.45, 7) is 0. The molecule has 4 heteroatoms. The van der Waals surface area contributed by atoms with Crippen molar-refractivity contribution in [1.82, 2.24) is 9.38 Å². The maximum absolute atomic E-state index is 11.3. The van der Waals surface area contributed by atoms with E-state index in [4.69, 9.17) is 5.73 Å². The lowest BCUT2D eigenvalue weighted by molar-refractivity contribution is 0.0754. The van der Waals surface area contributed by atoms with Crippen molar-refractivity contribution < 1.29 is 5.11 Å². The van der Waals surface area contributed by atoms with Crippen LogP contribution in [0.5, 0.6) is 0 Å². The number of aliphatic hydroxyl groups excluding tert-OH is 1. The van der Waals surface area contributed by atoms with Crippen LogP contribution in [-0.2, 0) is 0 Å². The fraction of sp³-hybridized carbons (Fsp3) is 0.435. The first kappa shape index (κ1) is 16.8. The molecule has 0 aliphatic heterocycles. The molecule has 1 atom stereocenters. The minimum absolute atomic E-state index is 0.320. The van der Waals surface area contributed by atoms with E-state index in [1.165, 1.54) is 24.0 Å². The van der Waals surface area contributed by atoms with Crippen LogP contribution in [0, 0.1) is 5.92 Å². The molecule has 0 saturated heterocycles. The first-order chi connectivity index (χ1) is 13.2. The third kappa shape index (κ3) is 3.12. The van der Waals surface area contributed by atoms with Crippen molar-refractivity contribution in [3.8, 4) is 0 Å². The maximum Gasteiger partial charge on any atom is 0.0995 e. The molecule has 0 spiro atoms. The van der Waals surface area contributed by atoms with Gasteiger partial charge in [0.2, 0.25) is 0 Å². The normalized spacial score (nSPS) is 24.2. The summed E-state index contributed by atoms with van der Waals surface area (Å²) in [5.74, 6) is 1.52. The van der Waals surface area contributed by atoms with Crippen molar-refractivity contribution in [2.24, 2.45) is 5.92 Å². The average molecular weight is 361 g/mol. The standard InChI is InChI=1S/C23H27N3O/c24-19-9-7-16(8-10-19)15-1-5-18(6-2-15)23(27)22-21(17-3-4-17)12-11-20-13-25-14-26(20)22/h7-15,17-18,23,27H,1-6,24H2/t15?,18?,23-/m1/s1. The Balaban J connectivity index is 1.37. The van der Waals surface area contributed by atoms with Gasteiger partial charge in [-0.25, -0.2) is 4.98 Å². The van der Waals surface area contributed by atoms with Gasteiger partial charge in [-0.3, -0.25) is 0 Å². The van der Waals surface area contributed by atoms with E-state index in [1.807, 2.05) is 24.7 Å². The fourth-order valence-electron chi connectivity index (χ4n) is 4.84. The van der Waals surface area contributed by atoms with Gasteiger partial charge in [0.15, 0.2) is 0 Å². The van der Waals surface area contributed by atoms with Crippen molar-refractivity contribution in [3.05, 3.63) is 65.7 Å². The van der Waals surface area contributed by atoms with Crippen LogP contribution in [0.1, 0.15) is 73.3 Å². The number of imidazole rings is 1. The monoisotopic (exact) mass is 361 g/mol. The number of nitrogen functional groups attached to an aromatic ring is 1. The lowest BCUT2D eigenvalue weighted by atomic mass is 9.75. The van der Waals surface area contributed by atoms with Gasteiger partial charge >= 0.3 is 0 Å². The van der Waals surface area contributed by atoms with Crippen LogP contribution in [0.15, 0.2) is 48.9 Å². The largest absolute Gasteiger partial charge is 0.399 e. The van der Waals surface area contributed by atoms with Gasteiger partial charge in [0.05, 0.1) is 29.8 Å². The summed E-state index contributed by atoms with van der Waals surface area (Å²) in [6.07, 6.45) is 10.2. The van der Waals surface area contributed by atoms with E-state index in [0.717, 1.165) is 42.6 Å². The van der Waals surface area contributed by atoms with Gasteiger partial charge in [0.1, 0.15) is 0 Å². The maximum atomic E-state index is 11.3. The van der Waals surface area contributed by atoms with Gasteiger partial charge in [-0.1, -0.05) is 18.2 Å². The average Bonchev–Trinajstić information content (AvgIpc) is 3.44. The van der Waals surface area contributed by atoms with Gasteiger partial charge in [-0.2, -0.15) is 0 Å². The summed E-state index contributed by atoms with van der Waals surface area (Å²) in [5, 5.41) is 11.3. The van der Waals surface area contributed by atoms with Crippen LogP contribution in [-0.4, -0.2) is 14.5 Å². The summed E-state index contributed by atoms with van der Waals surface area (Å²) in [7, 11) is 0. The molecule has 3 aromatic rings. The molecule has 2 heterocycles. The van der Waals surface area contributed by atoms with Crippen LogP contribution in [0.25, 0.3) is 5.52 Å². The zero-order chi connectivity index (χ0) is 18.4. The minimum Gasteiger partial charge on any atom is -0.399 e. The number of pyridine rings is 1. The van der Waals surface area contributed by atoms with E-state index in [-0.39, 0.29) is 0 Å². The molecule has 2 saturated carbocycles. The number of hydrogen-bond acceptors (Lipinski definition) is 3. The van der Waals surface area contributed by atoms with Crippen LogP contribution < -0.4 is 5.73 Å². The van der Waals surface area contributed by atoms with Gasteiger partial charge < -0.3 is 15.2 Å². The Kier molecular flexibility index (Phi) is 4.16. The van der Waals surface area contributed by atoms with Crippen molar-refractivity contribution >= 4 is 11.2 Å². The predicted octanol–water partition coefficient (Wildman–Crippen LogP) is 4.80. The third-order valence-electron chi connectivity index (χ3n) is 6.58. The Hall–Kier alpha value is -2.33. The smallest absolute Gasteiger partial charge is 0.0995 e. The number of benzene rings is 1. The molecule has 0 unspecified atom stereocenters. The number of anilines is 1. The minimum atomic E-state index is -0.411. The third-order valence-corrected chi connectivity index (χ3v) is 6.58. The Morgan fingerprint density at radius 1 is 0.926 bits per heavy atom. The molecule has 2 aliphatic rings. The Bertz CT molecular complexity index is 934. The Morgan fingerprint density at radius 3 is 2.33 bits per heavy atom. The highest BCUT2D eigenvalue weighted by molar-refractivity contribution is 5.50. The number of aromatic nitrogens is 2. The second-order valence-corrected chi connectivity index (χ2v) is 8.36. The van der Waals surface area contributed by atoms with E-state index >= 15 is 0 Å². The van der Waals surface area contributed by atoms with Crippen molar-refractivity contribution in [2.45, 2.75) is 56.5 Å². The SMILES string of the molecule is Nc1ccc(C2CCC([C@@H](O)c3c(C4CC4)ccc4cncn34)CC2)cc1. The highest BCUT2D eigenvalue weighted by Crippen LogP contribution is 2.47. The molecule has 4 nitrogen and oxygen atoms in total. The van der Waals surface area contributed by atoms with Crippen LogP contribution in [0.3, 0.4) is 0 Å². The first-order valence-electron chi connectivity index (χ1n) is 10.2. The van der Waals surface area contributed by atoms with E-state index in [1.54, 1.807) is 0 Å². The summed E-state index contributed by atoms with van der Waals surface area (Å²) >= 11 is 0. The van der Waals surface area contributed by atoms with Gasteiger partial charge in [-0.15, -0.1) is 0 Å². The quantitative estimate of drug-likeness (QED) is 0.656. The Labute approximate surface area is 160 Å². The van der Waals surface area contributed by atoms with Gasteiger partial charge in [-0.05, 0) is 85.6 Å². The first-order valence-corrected chi connectivity index (χ1v) is 10.2. The molecule has 2 aromatic heterocycles. The Morgan fingerprint density at radius 2 is 1.63 bits per heavy atom. The molecule has 1 aromatic carbocycles. The summed E-state index contributed by atoms with van der Waals surface area (Å²) in [5.41, 5.74) is 11.5. The van der Waals surface area contributed by atoms with E-state index in [0.29, 0.717) is 17.8 Å². The van der Waals surface area contributed by atoms with Crippen molar-refractivity contribution in [1.29, 1.82) is 0 Å². The van der Waals surface area contributed by atoms with E-state index in [9.17, 15) is 5.11 Å². The number of nitrogens with zero attached hydrogens (tertiary/aromatic N) is 2. The number of nitrogens with two attached hydrogens (primary N) is 1. The molecule has 27 heavy (non-hydrogen) atoms. The predicted molar refractivity (Wildman–Crippen MR) is 108 cm³/mol. The second-order valence-electron chi connectivity index (χ2n) is 8.36. The highest BCUT2D eigenvalue weighted by atomic mass is 16.3. The van der Waals surface area contributed by atoms with Gasteiger partial charge in [0.25, 0.3) is 0 Å². The summed E-state index contributed by atoms with van der Waals surface area (Å²) in [6, 6.07) is 12.7. The molecule has 0 amide bonds. The lowest BCUT2D eigenvalue weighted by Crippen LogP contribution is -2.22. The fourth-order valence-corrected chi connectivity index (χ4v) is 4.84. The van der Waals surface area contributed by atoms with E-state index < -0.39 is 6.10 Å². The summed E-state index contributed by atoms with van der Waals surface area (Å²) < 4.78 is 2.12. The van der Waals surface area contributed by atoms with Crippen LogP contribution in [0.2, 0.25) is 0 Å². The van der Waals surface area contributed by atoms with Crippen molar-refractivity contribution in [3.63, 3.8) is 0 Å². The number of fused-ring (bicyclic) bond motifs is 1. The zero-order valence-electron chi connectivity index (χ0n) is 15.6. The lowest BCUT2D eigenvalue weighted by Gasteiger charge is -2.33. The number of hydrogen-bond donors (Lipinski definition) is 2. The molecule has 3 N–H and O–H groups in total.